The van der Waals surface area contributed by atoms with Gasteiger partial charge in [-0.3, -0.25) is 14.4 Å². The first-order valence-corrected chi connectivity index (χ1v) is 9.80. The van der Waals surface area contributed by atoms with E-state index < -0.39 is 0 Å². The molecule has 0 atom stereocenters. The van der Waals surface area contributed by atoms with Crippen LogP contribution in [-0.2, 0) is 13.6 Å². The monoisotopic (exact) mass is 394 g/mol. The van der Waals surface area contributed by atoms with Crippen LogP contribution in [0.4, 0.5) is 0 Å². The second-order valence-electron chi connectivity index (χ2n) is 7.17. The SMILES string of the molecule is COc1ccccc1-c1cc(C(=O)N2CCN(CCn3ccnc3)CC2)n(C)n1. The van der Waals surface area contributed by atoms with Crippen LogP contribution in [0.2, 0.25) is 0 Å². The van der Waals surface area contributed by atoms with Crippen LogP contribution in [0.5, 0.6) is 5.75 Å². The van der Waals surface area contributed by atoms with Gasteiger partial charge in [0.15, 0.2) is 0 Å². The highest BCUT2D eigenvalue weighted by molar-refractivity contribution is 5.94. The Hall–Kier alpha value is -3.13. The summed E-state index contributed by atoms with van der Waals surface area (Å²) in [6.45, 7) is 5.06. The normalized spacial score (nSPS) is 14.9. The number of para-hydroxylation sites is 1. The van der Waals surface area contributed by atoms with Crippen LogP contribution < -0.4 is 4.74 Å². The first kappa shape index (κ1) is 19.2. The zero-order valence-electron chi connectivity index (χ0n) is 16.9. The first-order valence-electron chi connectivity index (χ1n) is 9.80. The summed E-state index contributed by atoms with van der Waals surface area (Å²) >= 11 is 0. The molecule has 29 heavy (non-hydrogen) atoms. The molecule has 0 radical (unpaired) electrons. The zero-order valence-corrected chi connectivity index (χ0v) is 16.9. The Kier molecular flexibility index (Phi) is 5.62. The number of amides is 1. The molecule has 4 rings (SSSR count). The second kappa shape index (κ2) is 8.48. The summed E-state index contributed by atoms with van der Waals surface area (Å²) in [5, 5.41) is 4.55. The van der Waals surface area contributed by atoms with Gasteiger partial charge in [-0.15, -0.1) is 0 Å². The number of hydrogen-bond acceptors (Lipinski definition) is 5. The molecule has 1 amide bonds. The van der Waals surface area contributed by atoms with Gasteiger partial charge < -0.3 is 14.2 Å². The van der Waals surface area contributed by atoms with Crippen molar-refractivity contribution in [1.29, 1.82) is 0 Å². The maximum Gasteiger partial charge on any atom is 0.272 e. The van der Waals surface area contributed by atoms with Gasteiger partial charge in [0.1, 0.15) is 11.4 Å². The number of piperazine rings is 1. The van der Waals surface area contributed by atoms with Gasteiger partial charge in [-0.1, -0.05) is 12.1 Å². The molecule has 1 aromatic carbocycles. The molecule has 0 spiro atoms. The fourth-order valence-electron chi connectivity index (χ4n) is 3.67. The quantitative estimate of drug-likeness (QED) is 0.637. The van der Waals surface area contributed by atoms with Crippen LogP contribution in [0.25, 0.3) is 11.3 Å². The van der Waals surface area contributed by atoms with Gasteiger partial charge in [-0.05, 0) is 18.2 Å². The Bertz CT molecular complexity index is 957. The van der Waals surface area contributed by atoms with Crippen molar-refractivity contribution in [3.05, 3.63) is 54.7 Å². The maximum absolute atomic E-state index is 13.1. The van der Waals surface area contributed by atoms with E-state index in [1.165, 1.54) is 0 Å². The molecule has 1 saturated heterocycles. The minimum atomic E-state index is 0.0235. The van der Waals surface area contributed by atoms with E-state index in [0.29, 0.717) is 5.69 Å². The zero-order chi connectivity index (χ0) is 20.2. The second-order valence-corrected chi connectivity index (χ2v) is 7.17. The standard InChI is InChI=1S/C21H26N6O2/c1-24-19(15-18(23-24)17-5-3-4-6-20(17)29-2)21(28)27-13-11-25(12-14-27)9-10-26-8-7-22-16-26/h3-8,15-16H,9-14H2,1-2H3. The number of aromatic nitrogens is 4. The topological polar surface area (TPSA) is 68.4 Å². The van der Waals surface area contributed by atoms with Crippen molar-refractivity contribution in [2.45, 2.75) is 6.54 Å². The summed E-state index contributed by atoms with van der Waals surface area (Å²) in [7, 11) is 3.45. The molecule has 0 N–H and O–H groups in total. The van der Waals surface area contributed by atoms with E-state index in [0.717, 1.165) is 56.3 Å². The van der Waals surface area contributed by atoms with E-state index >= 15 is 0 Å². The molecule has 0 aliphatic carbocycles. The average Bonchev–Trinajstić information content (AvgIpc) is 3.42. The van der Waals surface area contributed by atoms with Gasteiger partial charge in [0.05, 0.1) is 19.1 Å². The minimum absolute atomic E-state index is 0.0235. The highest BCUT2D eigenvalue weighted by Crippen LogP contribution is 2.29. The van der Waals surface area contributed by atoms with Gasteiger partial charge in [-0.2, -0.15) is 5.10 Å². The third-order valence-corrected chi connectivity index (χ3v) is 5.37. The number of hydrogen-bond donors (Lipinski definition) is 0. The van der Waals surface area contributed by atoms with Crippen molar-refractivity contribution in [3.8, 4) is 17.0 Å². The fraction of sp³-hybridized carbons (Fsp3) is 0.381. The molecular formula is C21H26N6O2. The number of carbonyl (C=O) groups is 1. The Morgan fingerprint density at radius 2 is 1.93 bits per heavy atom. The summed E-state index contributed by atoms with van der Waals surface area (Å²) in [5.74, 6) is 0.770. The molecule has 1 aliphatic rings. The van der Waals surface area contributed by atoms with Gasteiger partial charge >= 0.3 is 0 Å². The van der Waals surface area contributed by atoms with E-state index in [-0.39, 0.29) is 5.91 Å². The smallest absolute Gasteiger partial charge is 0.272 e. The number of nitrogens with zero attached hydrogens (tertiary/aromatic N) is 6. The molecule has 8 nitrogen and oxygen atoms in total. The maximum atomic E-state index is 13.1. The Balaban J connectivity index is 1.39. The van der Waals surface area contributed by atoms with Crippen molar-refractivity contribution in [2.75, 3.05) is 39.8 Å². The summed E-state index contributed by atoms with van der Waals surface area (Å²) in [6.07, 6.45) is 5.60. The van der Waals surface area contributed by atoms with Crippen LogP contribution in [0.15, 0.2) is 49.1 Å². The van der Waals surface area contributed by atoms with Gasteiger partial charge in [-0.25, -0.2) is 4.98 Å². The molecule has 3 aromatic rings. The lowest BCUT2D eigenvalue weighted by Gasteiger charge is -2.34. The number of imidazole rings is 1. The molecule has 3 heterocycles. The lowest BCUT2D eigenvalue weighted by atomic mass is 10.1. The van der Waals surface area contributed by atoms with Gasteiger partial charge in [0.25, 0.3) is 5.91 Å². The minimum Gasteiger partial charge on any atom is -0.496 e. The number of ether oxygens (including phenoxy) is 1. The Morgan fingerprint density at radius 3 is 2.66 bits per heavy atom. The van der Waals surface area contributed by atoms with Gasteiger partial charge in [0.2, 0.25) is 0 Å². The van der Waals surface area contributed by atoms with Crippen molar-refractivity contribution in [2.24, 2.45) is 7.05 Å². The number of aryl methyl sites for hydroxylation is 1. The molecule has 0 unspecified atom stereocenters. The highest BCUT2D eigenvalue weighted by atomic mass is 16.5. The van der Waals surface area contributed by atoms with Crippen molar-refractivity contribution in [3.63, 3.8) is 0 Å². The summed E-state index contributed by atoms with van der Waals surface area (Å²) in [4.78, 5) is 21.4. The Labute approximate surface area is 170 Å². The molecule has 1 aliphatic heterocycles. The number of carbonyl (C=O) groups excluding carboxylic acids is 1. The summed E-state index contributed by atoms with van der Waals surface area (Å²) < 4.78 is 9.17. The van der Waals surface area contributed by atoms with E-state index in [9.17, 15) is 4.79 Å². The van der Waals surface area contributed by atoms with E-state index in [2.05, 4.69) is 19.5 Å². The van der Waals surface area contributed by atoms with Crippen LogP contribution in [0.3, 0.4) is 0 Å². The predicted molar refractivity (Wildman–Crippen MR) is 110 cm³/mol. The Morgan fingerprint density at radius 1 is 1.14 bits per heavy atom. The van der Waals surface area contributed by atoms with Crippen LogP contribution in [0.1, 0.15) is 10.5 Å². The van der Waals surface area contributed by atoms with Crippen molar-refractivity contribution in [1.82, 2.24) is 29.1 Å². The molecule has 152 valence electrons. The van der Waals surface area contributed by atoms with Crippen LogP contribution in [0, 0.1) is 0 Å². The van der Waals surface area contributed by atoms with Crippen molar-refractivity contribution < 1.29 is 9.53 Å². The number of rotatable bonds is 6. The van der Waals surface area contributed by atoms with E-state index in [4.69, 9.17) is 4.74 Å². The highest BCUT2D eigenvalue weighted by Gasteiger charge is 2.25. The number of benzene rings is 1. The third-order valence-electron chi connectivity index (χ3n) is 5.37. The van der Waals surface area contributed by atoms with Gasteiger partial charge in [0, 0.05) is 64.3 Å². The molecule has 8 heteroatoms. The lowest BCUT2D eigenvalue weighted by molar-refractivity contribution is 0.0622. The molecule has 2 aromatic heterocycles. The molecule has 0 saturated carbocycles. The summed E-state index contributed by atoms with van der Waals surface area (Å²) in [5.41, 5.74) is 2.22. The molecular weight excluding hydrogens is 368 g/mol. The van der Waals surface area contributed by atoms with Crippen LogP contribution in [-0.4, -0.2) is 74.9 Å². The fourth-order valence-corrected chi connectivity index (χ4v) is 3.67. The summed E-state index contributed by atoms with van der Waals surface area (Å²) in [6, 6.07) is 9.56. The first-order chi connectivity index (χ1) is 14.2. The lowest BCUT2D eigenvalue weighted by Crippen LogP contribution is -2.49. The third kappa shape index (κ3) is 4.17. The molecule has 1 fully saturated rings. The number of methoxy groups -OCH3 is 1. The van der Waals surface area contributed by atoms with E-state index in [1.807, 2.05) is 54.8 Å². The van der Waals surface area contributed by atoms with E-state index in [1.54, 1.807) is 18.0 Å². The van der Waals surface area contributed by atoms with Crippen LogP contribution >= 0.6 is 0 Å². The predicted octanol–water partition coefficient (Wildman–Crippen LogP) is 1.75. The largest absolute Gasteiger partial charge is 0.496 e. The molecule has 0 bridgehead atoms. The van der Waals surface area contributed by atoms with Crippen molar-refractivity contribution >= 4 is 5.91 Å². The average molecular weight is 394 g/mol.